The lowest BCUT2D eigenvalue weighted by molar-refractivity contribution is 0.190. The molecular formula is C14H21N3O2. The first-order valence-corrected chi connectivity index (χ1v) is 6.53. The SMILES string of the molecule is CC(C)C(CN)N(C)Cc1ccc2oc(=O)[nH]c2c1. The van der Waals surface area contributed by atoms with Crippen LogP contribution in [0.1, 0.15) is 19.4 Å². The van der Waals surface area contributed by atoms with Gasteiger partial charge in [0.15, 0.2) is 5.58 Å². The third-order valence-electron chi connectivity index (χ3n) is 3.49. The van der Waals surface area contributed by atoms with Crippen molar-refractivity contribution >= 4 is 11.1 Å². The molecule has 0 saturated carbocycles. The van der Waals surface area contributed by atoms with Gasteiger partial charge in [-0.1, -0.05) is 19.9 Å². The minimum Gasteiger partial charge on any atom is -0.408 e. The van der Waals surface area contributed by atoms with Crippen molar-refractivity contribution in [3.05, 3.63) is 34.3 Å². The van der Waals surface area contributed by atoms with Crippen molar-refractivity contribution < 1.29 is 4.42 Å². The van der Waals surface area contributed by atoms with Gasteiger partial charge in [-0.25, -0.2) is 4.79 Å². The Morgan fingerprint density at radius 3 is 2.79 bits per heavy atom. The van der Waals surface area contributed by atoms with Crippen molar-refractivity contribution in [3.63, 3.8) is 0 Å². The van der Waals surface area contributed by atoms with E-state index >= 15 is 0 Å². The van der Waals surface area contributed by atoms with Gasteiger partial charge in [-0.05, 0) is 30.7 Å². The summed E-state index contributed by atoms with van der Waals surface area (Å²) in [6, 6.07) is 6.09. The van der Waals surface area contributed by atoms with Crippen molar-refractivity contribution in [2.24, 2.45) is 11.7 Å². The van der Waals surface area contributed by atoms with E-state index in [1.54, 1.807) is 0 Å². The number of nitrogens with one attached hydrogen (secondary N) is 1. The third-order valence-corrected chi connectivity index (χ3v) is 3.49. The van der Waals surface area contributed by atoms with Gasteiger partial charge in [0, 0.05) is 19.1 Å². The van der Waals surface area contributed by atoms with Crippen molar-refractivity contribution in [3.8, 4) is 0 Å². The summed E-state index contributed by atoms with van der Waals surface area (Å²) in [5.74, 6) is 0.0926. The summed E-state index contributed by atoms with van der Waals surface area (Å²) >= 11 is 0. The zero-order valence-corrected chi connectivity index (χ0v) is 11.6. The molecule has 5 nitrogen and oxygen atoms in total. The Labute approximate surface area is 112 Å². The first kappa shape index (κ1) is 13.8. The summed E-state index contributed by atoms with van der Waals surface area (Å²) < 4.78 is 4.99. The van der Waals surface area contributed by atoms with E-state index in [1.165, 1.54) is 0 Å². The molecule has 1 heterocycles. The van der Waals surface area contributed by atoms with E-state index in [2.05, 4.69) is 30.8 Å². The topological polar surface area (TPSA) is 75.3 Å². The van der Waals surface area contributed by atoms with Gasteiger partial charge in [-0.3, -0.25) is 9.88 Å². The zero-order valence-electron chi connectivity index (χ0n) is 11.6. The Balaban J connectivity index is 2.18. The van der Waals surface area contributed by atoms with E-state index in [0.29, 0.717) is 24.1 Å². The number of hydrogen-bond acceptors (Lipinski definition) is 4. The normalized spacial score (nSPS) is 13.6. The lowest BCUT2D eigenvalue weighted by atomic mass is 10.0. The van der Waals surface area contributed by atoms with Gasteiger partial charge in [0.1, 0.15) is 0 Å². The molecule has 1 unspecified atom stereocenters. The Hall–Kier alpha value is -1.59. The second-order valence-corrected chi connectivity index (χ2v) is 5.31. The van der Waals surface area contributed by atoms with Crippen molar-refractivity contribution in [1.82, 2.24) is 9.88 Å². The highest BCUT2D eigenvalue weighted by Gasteiger charge is 2.17. The molecule has 3 N–H and O–H groups in total. The third kappa shape index (κ3) is 3.05. The maximum Gasteiger partial charge on any atom is 0.417 e. The number of nitrogens with two attached hydrogens (primary N) is 1. The number of aromatic nitrogens is 1. The fraction of sp³-hybridized carbons (Fsp3) is 0.500. The Bertz CT molecular complexity index is 600. The molecule has 0 spiro atoms. The first-order valence-electron chi connectivity index (χ1n) is 6.53. The fourth-order valence-electron chi connectivity index (χ4n) is 2.46. The molecule has 104 valence electrons. The molecule has 1 atom stereocenters. The van der Waals surface area contributed by atoms with Gasteiger partial charge < -0.3 is 10.2 Å². The molecule has 0 aliphatic carbocycles. The Morgan fingerprint density at radius 1 is 1.42 bits per heavy atom. The number of hydrogen-bond donors (Lipinski definition) is 2. The second-order valence-electron chi connectivity index (χ2n) is 5.31. The van der Waals surface area contributed by atoms with E-state index in [9.17, 15) is 4.79 Å². The number of likely N-dealkylation sites (N-methyl/N-ethyl adjacent to an activating group) is 1. The highest BCUT2D eigenvalue weighted by Crippen LogP contribution is 2.16. The number of aromatic amines is 1. The second kappa shape index (κ2) is 5.59. The summed E-state index contributed by atoms with van der Waals surface area (Å²) in [5, 5.41) is 0. The van der Waals surface area contributed by atoms with Gasteiger partial charge in [0.05, 0.1) is 5.52 Å². The predicted octanol–water partition coefficient (Wildman–Crippen LogP) is 1.54. The monoisotopic (exact) mass is 263 g/mol. The van der Waals surface area contributed by atoms with Crippen LogP contribution in [-0.2, 0) is 6.54 Å². The Kier molecular flexibility index (Phi) is 4.07. The van der Waals surface area contributed by atoms with Crippen LogP contribution in [0.2, 0.25) is 0 Å². The van der Waals surface area contributed by atoms with Crippen LogP contribution in [0.5, 0.6) is 0 Å². The number of H-pyrrole nitrogens is 1. The molecule has 2 aromatic rings. The molecule has 0 fully saturated rings. The Morgan fingerprint density at radius 2 is 2.16 bits per heavy atom. The van der Waals surface area contributed by atoms with Gasteiger partial charge in [-0.15, -0.1) is 0 Å². The summed E-state index contributed by atoms with van der Waals surface area (Å²) in [4.78, 5) is 16.0. The van der Waals surface area contributed by atoms with E-state index in [1.807, 2.05) is 18.2 Å². The van der Waals surface area contributed by atoms with Crippen molar-refractivity contribution in [2.75, 3.05) is 13.6 Å². The predicted molar refractivity (Wildman–Crippen MR) is 76.0 cm³/mol. The van der Waals surface area contributed by atoms with Crippen LogP contribution in [0.15, 0.2) is 27.4 Å². The van der Waals surface area contributed by atoms with Crippen molar-refractivity contribution in [2.45, 2.75) is 26.4 Å². The molecule has 1 aromatic heterocycles. The van der Waals surface area contributed by atoms with E-state index in [-0.39, 0.29) is 0 Å². The minimum absolute atomic E-state index is 0.346. The van der Waals surface area contributed by atoms with Crippen molar-refractivity contribution in [1.29, 1.82) is 0 Å². The van der Waals surface area contributed by atoms with Gasteiger partial charge in [0.2, 0.25) is 0 Å². The highest BCUT2D eigenvalue weighted by molar-refractivity contribution is 5.72. The molecule has 0 aliphatic heterocycles. The van der Waals surface area contributed by atoms with Gasteiger partial charge in [-0.2, -0.15) is 0 Å². The average Bonchev–Trinajstić information content (AvgIpc) is 2.68. The molecule has 19 heavy (non-hydrogen) atoms. The number of oxazole rings is 1. The molecule has 0 radical (unpaired) electrons. The van der Waals surface area contributed by atoms with Crippen LogP contribution in [0, 0.1) is 5.92 Å². The molecule has 2 rings (SSSR count). The highest BCUT2D eigenvalue weighted by atomic mass is 16.4. The summed E-state index contributed by atoms with van der Waals surface area (Å²) in [7, 11) is 2.07. The lowest BCUT2D eigenvalue weighted by Gasteiger charge is -2.30. The number of fused-ring (bicyclic) bond motifs is 1. The molecule has 0 saturated heterocycles. The fourth-order valence-corrected chi connectivity index (χ4v) is 2.46. The van der Waals surface area contributed by atoms with E-state index < -0.39 is 5.76 Å². The van der Waals surface area contributed by atoms with Gasteiger partial charge >= 0.3 is 5.76 Å². The standard InChI is InChI=1S/C14H21N3O2/c1-9(2)12(7-15)17(3)8-10-4-5-13-11(6-10)16-14(18)19-13/h4-6,9,12H,7-8,15H2,1-3H3,(H,16,18). The zero-order chi connectivity index (χ0) is 14.0. The van der Waals surface area contributed by atoms with Crippen LogP contribution in [-0.4, -0.2) is 29.5 Å². The van der Waals surface area contributed by atoms with Gasteiger partial charge in [0.25, 0.3) is 0 Å². The van der Waals surface area contributed by atoms with Crippen LogP contribution in [0.3, 0.4) is 0 Å². The van der Waals surface area contributed by atoms with Crippen LogP contribution >= 0.6 is 0 Å². The molecule has 0 aliphatic rings. The van der Waals surface area contributed by atoms with Crippen LogP contribution in [0.4, 0.5) is 0 Å². The van der Waals surface area contributed by atoms with Crippen LogP contribution in [0.25, 0.3) is 11.1 Å². The molecule has 1 aromatic carbocycles. The molecular weight excluding hydrogens is 242 g/mol. The molecule has 5 heteroatoms. The van der Waals surface area contributed by atoms with Crippen LogP contribution < -0.4 is 11.5 Å². The summed E-state index contributed by atoms with van der Waals surface area (Å²) in [6.45, 7) is 5.78. The molecule has 0 amide bonds. The maximum absolute atomic E-state index is 11.1. The number of rotatable bonds is 5. The number of nitrogens with zero attached hydrogens (tertiary/aromatic N) is 1. The van der Waals surface area contributed by atoms with E-state index in [0.717, 1.165) is 17.6 Å². The minimum atomic E-state index is -0.414. The first-order chi connectivity index (χ1) is 9.01. The maximum atomic E-state index is 11.1. The smallest absolute Gasteiger partial charge is 0.408 e. The number of benzene rings is 1. The summed E-state index contributed by atoms with van der Waals surface area (Å²) in [6.07, 6.45) is 0. The quantitative estimate of drug-likeness (QED) is 0.858. The average molecular weight is 263 g/mol. The largest absolute Gasteiger partial charge is 0.417 e. The van der Waals surface area contributed by atoms with E-state index in [4.69, 9.17) is 10.2 Å². The lowest BCUT2D eigenvalue weighted by Crippen LogP contribution is -2.41. The summed E-state index contributed by atoms with van der Waals surface area (Å²) in [5.41, 5.74) is 8.28. The molecule has 0 bridgehead atoms.